The van der Waals surface area contributed by atoms with E-state index in [0.717, 1.165) is 12.8 Å². The molecule has 2 aliphatic carbocycles. The molecule has 2 N–H and O–H groups in total. The summed E-state index contributed by atoms with van der Waals surface area (Å²) in [6.45, 7) is 2.41. The maximum Gasteiger partial charge on any atom is 0.407 e. The number of ether oxygens (including phenoxy) is 1. The second kappa shape index (κ2) is 9.36. The average molecular weight is 477 g/mol. The van der Waals surface area contributed by atoms with Crippen LogP contribution >= 0.6 is 0 Å². The summed E-state index contributed by atoms with van der Waals surface area (Å²) in [4.78, 5) is 38.7. The van der Waals surface area contributed by atoms with Crippen LogP contribution in [0.5, 0.6) is 0 Å². The van der Waals surface area contributed by atoms with E-state index in [0.29, 0.717) is 32.2 Å². The molecule has 0 aromatic heterocycles. The van der Waals surface area contributed by atoms with E-state index in [2.05, 4.69) is 29.6 Å². The van der Waals surface area contributed by atoms with Gasteiger partial charge in [0.05, 0.1) is 0 Å². The summed E-state index contributed by atoms with van der Waals surface area (Å²) >= 11 is 0. The number of carboxylic acids is 1. The lowest BCUT2D eigenvalue weighted by Crippen LogP contribution is -2.51. The molecular weight excluding hydrogens is 444 g/mol. The topological polar surface area (TPSA) is 95.9 Å². The lowest BCUT2D eigenvalue weighted by atomic mass is 9.97. The third-order valence-corrected chi connectivity index (χ3v) is 8.07. The number of amides is 2. The van der Waals surface area contributed by atoms with Gasteiger partial charge in [-0.2, -0.15) is 0 Å². The first-order valence-corrected chi connectivity index (χ1v) is 12.5. The van der Waals surface area contributed by atoms with Crippen molar-refractivity contribution in [2.45, 2.75) is 62.9 Å². The Morgan fingerprint density at radius 2 is 1.71 bits per heavy atom. The molecule has 0 bridgehead atoms. The van der Waals surface area contributed by atoms with Crippen LogP contribution in [0.3, 0.4) is 0 Å². The average Bonchev–Trinajstić information content (AvgIpc) is 3.54. The number of carbonyl (C=O) groups is 3. The largest absolute Gasteiger partial charge is 0.480 e. The third kappa shape index (κ3) is 4.40. The van der Waals surface area contributed by atoms with Crippen molar-refractivity contribution in [2.75, 3.05) is 13.2 Å². The highest BCUT2D eigenvalue weighted by Gasteiger charge is 2.46. The van der Waals surface area contributed by atoms with E-state index < -0.39 is 17.6 Å². The predicted octanol–water partition coefficient (Wildman–Crippen LogP) is 4.55. The molecule has 1 aliphatic heterocycles. The first-order valence-electron chi connectivity index (χ1n) is 12.5. The fraction of sp³-hybridized carbons (Fsp3) is 0.464. The number of nitrogens with zero attached hydrogens (tertiary/aromatic N) is 1. The molecule has 35 heavy (non-hydrogen) atoms. The van der Waals surface area contributed by atoms with Gasteiger partial charge in [0.15, 0.2) is 0 Å². The Morgan fingerprint density at radius 1 is 1.06 bits per heavy atom. The van der Waals surface area contributed by atoms with Crippen molar-refractivity contribution in [3.05, 3.63) is 59.7 Å². The van der Waals surface area contributed by atoms with E-state index >= 15 is 0 Å². The van der Waals surface area contributed by atoms with Gasteiger partial charge in [-0.15, -0.1) is 0 Å². The summed E-state index contributed by atoms with van der Waals surface area (Å²) in [5, 5.41) is 12.6. The Kier molecular flexibility index (Phi) is 6.26. The molecule has 2 fully saturated rings. The van der Waals surface area contributed by atoms with Crippen LogP contribution in [0, 0.1) is 5.92 Å². The lowest BCUT2D eigenvalue weighted by Gasteiger charge is -2.32. The zero-order valence-electron chi connectivity index (χ0n) is 20.0. The number of aliphatic carboxylic acids is 1. The van der Waals surface area contributed by atoms with Gasteiger partial charge < -0.3 is 20.1 Å². The summed E-state index contributed by atoms with van der Waals surface area (Å²) in [5.41, 5.74) is 3.64. The van der Waals surface area contributed by atoms with E-state index in [9.17, 15) is 19.5 Å². The molecule has 3 atom stereocenters. The Morgan fingerprint density at radius 3 is 2.37 bits per heavy atom. The van der Waals surface area contributed by atoms with Gasteiger partial charge in [0, 0.05) is 24.9 Å². The van der Waals surface area contributed by atoms with Gasteiger partial charge in [0.25, 0.3) is 0 Å². The van der Waals surface area contributed by atoms with Crippen molar-refractivity contribution in [1.82, 2.24) is 10.2 Å². The van der Waals surface area contributed by atoms with E-state index in [-0.39, 0.29) is 30.4 Å². The fourth-order valence-corrected chi connectivity index (χ4v) is 6.14. The van der Waals surface area contributed by atoms with Crippen molar-refractivity contribution < 1.29 is 24.2 Å². The Labute approximate surface area is 205 Å². The number of likely N-dealkylation sites (tertiary alicyclic amines) is 1. The summed E-state index contributed by atoms with van der Waals surface area (Å²) in [6.07, 6.45) is 3.42. The number of hydrogen-bond donors (Lipinski definition) is 2. The van der Waals surface area contributed by atoms with Gasteiger partial charge in [0.2, 0.25) is 5.91 Å². The van der Waals surface area contributed by atoms with Crippen LogP contribution in [-0.2, 0) is 14.3 Å². The fourth-order valence-electron chi connectivity index (χ4n) is 6.14. The third-order valence-electron chi connectivity index (χ3n) is 8.07. The minimum atomic E-state index is -1.10. The molecule has 1 saturated heterocycles. The summed E-state index contributed by atoms with van der Waals surface area (Å²) < 4.78 is 5.66. The maximum atomic E-state index is 12.9. The smallest absolute Gasteiger partial charge is 0.407 e. The normalized spacial score (nSPS) is 25.2. The van der Waals surface area contributed by atoms with Crippen molar-refractivity contribution in [3.8, 4) is 11.1 Å². The van der Waals surface area contributed by atoms with Crippen LogP contribution in [0.1, 0.15) is 62.5 Å². The molecule has 0 spiro atoms. The van der Waals surface area contributed by atoms with Gasteiger partial charge in [-0.3, -0.25) is 4.79 Å². The molecule has 2 aromatic rings. The highest BCUT2D eigenvalue weighted by molar-refractivity contribution is 5.87. The quantitative estimate of drug-likeness (QED) is 0.638. The van der Waals surface area contributed by atoms with E-state index in [1.165, 1.54) is 27.2 Å². The monoisotopic (exact) mass is 476 g/mol. The zero-order valence-corrected chi connectivity index (χ0v) is 20.0. The standard InChI is InChI=1S/C28H32N2O5/c1-28(26(32)33)13-6-14-30(28)25(31)16-18-11-12-19(15-18)29-27(34)35-17-24-22-9-4-2-7-20(22)21-8-3-5-10-23(21)24/h2-5,7-10,18-19,24H,6,11-17H2,1H3,(H,29,34)(H,32,33)/t18-,19+,28?/m0/s1. The second-order valence-electron chi connectivity index (χ2n) is 10.3. The van der Waals surface area contributed by atoms with Gasteiger partial charge >= 0.3 is 12.1 Å². The number of alkyl carbamates (subject to hydrolysis) is 1. The van der Waals surface area contributed by atoms with Crippen LogP contribution in [0.15, 0.2) is 48.5 Å². The van der Waals surface area contributed by atoms with Crippen LogP contribution in [-0.4, -0.2) is 52.7 Å². The minimum Gasteiger partial charge on any atom is -0.480 e. The number of rotatable bonds is 6. The van der Waals surface area contributed by atoms with Crippen molar-refractivity contribution >= 4 is 18.0 Å². The number of benzene rings is 2. The highest BCUT2D eigenvalue weighted by atomic mass is 16.5. The molecule has 7 nitrogen and oxygen atoms in total. The van der Waals surface area contributed by atoms with Gasteiger partial charge in [0.1, 0.15) is 12.1 Å². The molecular formula is C28H32N2O5. The molecule has 2 amide bonds. The number of carbonyl (C=O) groups excluding carboxylic acids is 2. The predicted molar refractivity (Wildman–Crippen MR) is 131 cm³/mol. The Hall–Kier alpha value is -3.35. The molecule has 184 valence electrons. The first kappa shape index (κ1) is 23.4. The molecule has 0 radical (unpaired) electrons. The number of nitrogens with one attached hydrogen (secondary N) is 1. The van der Waals surface area contributed by atoms with E-state index in [1.54, 1.807) is 6.92 Å². The second-order valence-corrected chi connectivity index (χ2v) is 10.3. The summed E-state index contributed by atoms with van der Waals surface area (Å²) in [7, 11) is 0. The SMILES string of the molecule is CC1(C(=O)O)CCCN1C(=O)C[C@H]1CC[C@@H](NC(=O)OCC2c3ccccc3-c3ccccc32)C1. The molecule has 1 saturated carbocycles. The number of fused-ring (bicyclic) bond motifs is 3. The van der Waals surface area contributed by atoms with Crippen LogP contribution in [0.25, 0.3) is 11.1 Å². The molecule has 3 aliphatic rings. The number of hydrogen-bond acceptors (Lipinski definition) is 4. The lowest BCUT2D eigenvalue weighted by molar-refractivity contribution is -0.155. The van der Waals surface area contributed by atoms with E-state index in [1.807, 2.05) is 24.3 Å². The number of carboxylic acid groups (broad SMARTS) is 1. The minimum absolute atomic E-state index is 0.0195. The van der Waals surface area contributed by atoms with Crippen molar-refractivity contribution in [2.24, 2.45) is 5.92 Å². The van der Waals surface area contributed by atoms with Crippen LogP contribution in [0.4, 0.5) is 4.79 Å². The van der Waals surface area contributed by atoms with Gasteiger partial charge in [-0.05, 0) is 67.2 Å². The molecule has 1 unspecified atom stereocenters. The molecule has 2 aromatic carbocycles. The maximum absolute atomic E-state index is 12.9. The zero-order chi connectivity index (χ0) is 24.6. The van der Waals surface area contributed by atoms with Crippen molar-refractivity contribution in [3.63, 3.8) is 0 Å². The first-order chi connectivity index (χ1) is 16.9. The van der Waals surface area contributed by atoms with Gasteiger partial charge in [-0.25, -0.2) is 9.59 Å². The van der Waals surface area contributed by atoms with Crippen LogP contribution in [0.2, 0.25) is 0 Å². The highest BCUT2D eigenvalue weighted by Crippen LogP contribution is 2.44. The van der Waals surface area contributed by atoms with Crippen LogP contribution < -0.4 is 5.32 Å². The molecule has 5 rings (SSSR count). The Bertz CT molecular complexity index is 1100. The molecule has 1 heterocycles. The summed E-state index contributed by atoms with van der Waals surface area (Å²) in [5.74, 6) is -0.880. The van der Waals surface area contributed by atoms with E-state index in [4.69, 9.17) is 4.74 Å². The molecule has 7 heteroatoms. The Balaban J connectivity index is 1.13. The summed E-state index contributed by atoms with van der Waals surface area (Å²) in [6, 6.07) is 16.4. The van der Waals surface area contributed by atoms with Crippen molar-refractivity contribution in [1.29, 1.82) is 0 Å². The van der Waals surface area contributed by atoms with Gasteiger partial charge in [-0.1, -0.05) is 48.5 Å².